The van der Waals surface area contributed by atoms with E-state index in [0.29, 0.717) is 12.0 Å². The average Bonchev–Trinajstić information content (AvgIpc) is 2.75. The van der Waals surface area contributed by atoms with Crippen molar-refractivity contribution >= 4 is 17.8 Å². The molecule has 7 nitrogen and oxygen atoms in total. The van der Waals surface area contributed by atoms with E-state index in [1.807, 2.05) is 30.3 Å². The molecule has 28 heavy (non-hydrogen) atoms. The van der Waals surface area contributed by atoms with Crippen molar-refractivity contribution in [3.8, 4) is 6.07 Å². The topological polar surface area (TPSA) is 96.7 Å². The Kier molecular flexibility index (Phi) is 5.70. The van der Waals surface area contributed by atoms with Crippen LogP contribution in [0.15, 0.2) is 48.5 Å². The highest BCUT2D eigenvalue weighted by atomic mass is 16.5. The Hall–Kier alpha value is -3.66. The van der Waals surface area contributed by atoms with Gasteiger partial charge in [0, 0.05) is 13.0 Å². The van der Waals surface area contributed by atoms with Crippen LogP contribution < -0.4 is 0 Å². The smallest absolute Gasteiger partial charge is 0.338 e. The lowest BCUT2D eigenvalue weighted by atomic mass is 9.94. The highest BCUT2D eigenvalue weighted by Crippen LogP contribution is 2.24. The zero-order chi connectivity index (χ0) is 20.1. The first-order valence-corrected chi connectivity index (χ1v) is 8.65. The van der Waals surface area contributed by atoms with E-state index in [1.165, 1.54) is 24.1 Å². The van der Waals surface area contributed by atoms with Crippen LogP contribution in [0.25, 0.3) is 0 Å². The minimum absolute atomic E-state index is 0.181. The molecule has 1 atom stereocenters. The number of carbonyl (C=O) groups excluding carboxylic acids is 3. The summed E-state index contributed by atoms with van der Waals surface area (Å²) >= 11 is 0. The molecule has 1 heterocycles. The van der Waals surface area contributed by atoms with Gasteiger partial charge < -0.3 is 14.4 Å². The van der Waals surface area contributed by atoms with Gasteiger partial charge in [0.2, 0.25) is 0 Å². The van der Waals surface area contributed by atoms with Crippen LogP contribution in [0.3, 0.4) is 0 Å². The van der Waals surface area contributed by atoms with Crippen LogP contribution in [0, 0.1) is 11.3 Å². The minimum atomic E-state index is -0.770. The van der Waals surface area contributed by atoms with Gasteiger partial charge >= 0.3 is 11.9 Å². The van der Waals surface area contributed by atoms with Crippen LogP contribution >= 0.6 is 0 Å². The van der Waals surface area contributed by atoms with E-state index in [0.717, 1.165) is 11.1 Å². The molecular formula is C21H18N2O5. The summed E-state index contributed by atoms with van der Waals surface area (Å²) in [7, 11) is 1.27. The molecule has 2 aromatic carbocycles. The van der Waals surface area contributed by atoms with E-state index in [1.54, 1.807) is 12.1 Å². The van der Waals surface area contributed by atoms with Crippen molar-refractivity contribution in [2.75, 3.05) is 13.7 Å². The van der Waals surface area contributed by atoms with E-state index >= 15 is 0 Å². The van der Waals surface area contributed by atoms with Crippen LogP contribution in [-0.4, -0.2) is 42.5 Å². The summed E-state index contributed by atoms with van der Waals surface area (Å²) in [4.78, 5) is 38.4. The molecule has 1 aliphatic heterocycles. The second-order valence-corrected chi connectivity index (χ2v) is 6.30. The van der Waals surface area contributed by atoms with Crippen LogP contribution in [0.2, 0.25) is 0 Å². The van der Waals surface area contributed by atoms with Gasteiger partial charge in [0.05, 0.1) is 24.3 Å². The number of rotatable bonds is 4. The molecule has 0 spiro atoms. The lowest BCUT2D eigenvalue weighted by Gasteiger charge is -2.35. The van der Waals surface area contributed by atoms with Gasteiger partial charge in [0.15, 0.2) is 6.61 Å². The molecule has 0 bridgehead atoms. The number of fused-ring (bicyclic) bond motifs is 1. The number of ether oxygens (including phenoxy) is 2. The van der Waals surface area contributed by atoms with Gasteiger partial charge in [-0.2, -0.15) is 5.26 Å². The molecule has 0 unspecified atom stereocenters. The molecule has 0 radical (unpaired) electrons. The molecule has 0 saturated heterocycles. The fourth-order valence-electron chi connectivity index (χ4n) is 3.14. The Morgan fingerprint density at radius 1 is 1.14 bits per heavy atom. The number of amides is 1. The summed E-state index contributed by atoms with van der Waals surface area (Å²) in [6, 6.07) is 14.7. The number of nitrogens with zero attached hydrogens (tertiary/aromatic N) is 2. The first-order valence-electron chi connectivity index (χ1n) is 8.65. The fraction of sp³-hybridized carbons (Fsp3) is 0.238. The molecule has 7 heteroatoms. The van der Waals surface area contributed by atoms with Crippen molar-refractivity contribution in [2.24, 2.45) is 0 Å². The van der Waals surface area contributed by atoms with Crippen molar-refractivity contribution in [1.29, 1.82) is 5.26 Å². The minimum Gasteiger partial charge on any atom is -0.467 e. The summed E-state index contributed by atoms with van der Waals surface area (Å²) in [5, 5.41) is 8.91. The Morgan fingerprint density at radius 3 is 2.61 bits per heavy atom. The summed E-state index contributed by atoms with van der Waals surface area (Å²) in [5.41, 5.74) is 2.41. The normalized spacial score (nSPS) is 15.1. The first kappa shape index (κ1) is 19.1. The Balaban J connectivity index is 1.72. The number of hydrogen-bond acceptors (Lipinski definition) is 6. The van der Waals surface area contributed by atoms with E-state index in [9.17, 15) is 14.4 Å². The van der Waals surface area contributed by atoms with Crippen molar-refractivity contribution in [3.05, 3.63) is 70.8 Å². The highest BCUT2D eigenvalue weighted by molar-refractivity contribution is 5.92. The van der Waals surface area contributed by atoms with E-state index < -0.39 is 30.5 Å². The molecule has 0 aliphatic carbocycles. The maximum absolute atomic E-state index is 12.7. The predicted octanol–water partition coefficient (Wildman–Crippen LogP) is 1.84. The van der Waals surface area contributed by atoms with E-state index in [-0.39, 0.29) is 12.1 Å². The van der Waals surface area contributed by atoms with Gasteiger partial charge in [-0.25, -0.2) is 9.59 Å². The van der Waals surface area contributed by atoms with Crippen molar-refractivity contribution in [1.82, 2.24) is 4.90 Å². The Labute approximate surface area is 162 Å². The molecule has 0 saturated carbocycles. The van der Waals surface area contributed by atoms with E-state index in [4.69, 9.17) is 14.7 Å². The zero-order valence-corrected chi connectivity index (χ0v) is 15.3. The third kappa shape index (κ3) is 4.01. The van der Waals surface area contributed by atoms with Crippen LogP contribution in [0.5, 0.6) is 0 Å². The summed E-state index contributed by atoms with van der Waals surface area (Å²) < 4.78 is 9.93. The van der Waals surface area contributed by atoms with Crippen LogP contribution in [-0.2, 0) is 32.0 Å². The maximum Gasteiger partial charge on any atom is 0.338 e. The molecular weight excluding hydrogens is 360 g/mol. The SMILES string of the molecule is COC(=O)[C@H]1Cc2ccccc2CN1C(=O)COC(=O)c1cccc(C#N)c1. The van der Waals surface area contributed by atoms with E-state index in [2.05, 4.69) is 0 Å². The van der Waals surface area contributed by atoms with Gasteiger partial charge in [-0.15, -0.1) is 0 Å². The van der Waals surface area contributed by atoms with Crippen LogP contribution in [0.1, 0.15) is 27.0 Å². The number of benzene rings is 2. The summed E-state index contributed by atoms with van der Waals surface area (Å²) in [5.74, 6) is -1.72. The molecule has 0 fully saturated rings. The third-order valence-corrected chi connectivity index (χ3v) is 4.60. The van der Waals surface area contributed by atoms with Crippen molar-refractivity contribution < 1.29 is 23.9 Å². The molecule has 2 aromatic rings. The fourth-order valence-corrected chi connectivity index (χ4v) is 3.14. The number of nitriles is 1. The molecule has 0 aromatic heterocycles. The largest absolute Gasteiger partial charge is 0.467 e. The summed E-state index contributed by atoms with van der Waals surface area (Å²) in [6.07, 6.45) is 0.340. The van der Waals surface area contributed by atoms with Gasteiger partial charge in [-0.1, -0.05) is 30.3 Å². The van der Waals surface area contributed by atoms with Crippen LogP contribution in [0.4, 0.5) is 0 Å². The number of methoxy groups -OCH3 is 1. The lowest BCUT2D eigenvalue weighted by molar-refractivity contribution is -0.155. The van der Waals surface area contributed by atoms with Gasteiger partial charge in [0.25, 0.3) is 5.91 Å². The van der Waals surface area contributed by atoms with Crippen molar-refractivity contribution in [3.63, 3.8) is 0 Å². The van der Waals surface area contributed by atoms with Gasteiger partial charge in [-0.05, 0) is 29.3 Å². The Morgan fingerprint density at radius 2 is 1.89 bits per heavy atom. The monoisotopic (exact) mass is 378 g/mol. The second kappa shape index (κ2) is 8.35. The number of hydrogen-bond donors (Lipinski definition) is 0. The van der Waals surface area contributed by atoms with Crippen molar-refractivity contribution in [2.45, 2.75) is 19.0 Å². The van der Waals surface area contributed by atoms with Gasteiger partial charge in [0.1, 0.15) is 6.04 Å². The molecule has 1 amide bonds. The molecule has 142 valence electrons. The standard InChI is InChI=1S/C21H18N2O5/c1-27-21(26)18-10-15-6-2-3-7-17(15)12-23(18)19(24)13-28-20(25)16-8-4-5-14(9-16)11-22/h2-9,18H,10,12-13H2,1H3/t18-/m1/s1. The Bertz CT molecular complexity index is 963. The number of carbonyl (C=O) groups is 3. The third-order valence-electron chi connectivity index (χ3n) is 4.60. The predicted molar refractivity (Wildman–Crippen MR) is 97.9 cm³/mol. The zero-order valence-electron chi connectivity index (χ0n) is 15.3. The molecule has 0 N–H and O–H groups in total. The molecule has 1 aliphatic rings. The first-order chi connectivity index (χ1) is 13.5. The molecule has 3 rings (SSSR count). The maximum atomic E-state index is 12.7. The second-order valence-electron chi connectivity index (χ2n) is 6.30. The lowest BCUT2D eigenvalue weighted by Crippen LogP contribution is -2.50. The quantitative estimate of drug-likeness (QED) is 0.753. The van der Waals surface area contributed by atoms with Gasteiger partial charge in [-0.3, -0.25) is 4.79 Å². The average molecular weight is 378 g/mol. The number of esters is 2. The summed E-state index contributed by atoms with van der Waals surface area (Å²) in [6.45, 7) is -0.276. The highest BCUT2D eigenvalue weighted by Gasteiger charge is 2.35.